The van der Waals surface area contributed by atoms with Crippen LogP contribution in [0, 0.1) is 0 Å². The minimum Gasteiger partial charge on any atom is -0.331 e. The predicted molar refractivity (Wildman–Crippen MR) is 75.0 cm³/mol. The first-order chi connectivity index (χ1) is 9.31. The SMILES string of the molecule is O=C(Nc1ncc[nH]1)c1cc2c(nc3sccn32)s1. The van der Waals surface area contributed by atoms with Crippen LogP contribution in [0.1, 0.15) is 9.67 Å². The van der Waals surface area contributed by atoms with Gasteiger partial charge in [-0.05, 0) is 6.07 Å². The van der Waals surface area contributed by atoms with E-state index in [4.69, 9.17) is 0 Å². The number of anilines is 1. The number of carbonyl (C=O) groups excluding carboxylic acids is 1. The first kappa shape index (κ1) is 10.7. The van der Waals surface area contributed by atoms with Gasteiger partial charge >= 0.3 is 0 Å². The summed E-state index contributed by atoms with van der Waals surface area (Å²) in [6, 6.07) is 1.85. The monoisotopic (exact) mass is 289 g/mol. The molecule has 1 amide bonds. The van der Waals surface area contributed by atoms with E-state index >= 15 is 0 Å². The molecule has 0 aromatic carbocycles. The number of thiophene rings is 1. The molecule has 4 heterocycles. The summed E-state index contributed by atoms with van der Waals surface area (Å²) in [5.41, 5.74) is 0.964. The number of hydrogen-bond acceptors (Lipinski definition) is 5. The Balaban J connectivity index is 1.74. The Bertz CT molecular complexity index is 870. The second-order valence-corrected chi connectivity index (χ2v) is 5.76. The quantitative estimate of drug-likeness (QED) is 0.595. The Morgan fingerprint density at radius 1 is 1.47 bits per heavy atom. The highest BCUT2D eigenvalue weighted by Crippen LogP contribution is 2.28. The van der Waals surface area contributed by atoms with Gasteiger partial charge in [0.15, 0.2) is 4.96 Å². The molecule has 0 aliphatic heterocycles. The molecule has 4 aromatic rings. The first-order valence-corrected chi connectivity index (χ1v) is 7.17. The summed E-state index contributed by atoms with van der Waals surface area (Å²) < 4.78 is 1.99. The zero-order valence-corrected chi connectivity index (χ0v) is 11.1. The molecule has 4 rings (SSSR count). The van der Waals surface area contributed by atoms with Crippen LogP contribution in [-0.4, -0.2) is 25.3 Å². The molecular weight excluding hydrogens is 282 g/mol. The number of nitrogens with one attached hydrogen (secondary N) is 2. The number of H-pyrrole nitrogens is 1. The number of nitrogens with zero attached hydrogens (tertiary/aromatic N) is 3. The highest BCUT2D eigenvalue weighted by Gasteiger charge is 2.15. The van der Waals surface area contributed by atoms with E-state index in [1.165, 1.54) is 11.3 Å². The fraction of sp³-hybridized carbons (Fsp3) is 0. The number of carbonyl (C=O) groups is 1. The Hall–Kier alpha value is -2.19. The average Bonchev–Trinajstić information content (AvgIpc) is 3.08. The van der Waals surface area contributed by atoms with Crippen LogP contribution < -0.4 is 5.32 Å². The zero-order valence-electron chi connectivity index (χ0n) is 9.45. The van der Waals surface area contributed by atoms with Gasteiger partial charge in [-0.2, -0.15) is 0 Å². The summed E-state index contributed by atoms with van der Waals surface area (Å²) in [4.78, 5) is 25.8. The van der Waals surface area contributed by atoms with E-state index in [1.54, 1.807) is 23.7 Å². The molecule has 0 saturated carbocycles. The Morgan fingerprint density at radius 2 is 2.42 bits per heavy atom. The summed E-state index contributed by atoms with van der Waals surface area (Å²) >= 11 is 2.96. The second-order valence-electron chi connectivity index (χ2n) is 3.86. The molecule has 0 radical (unpaired) electrons. The number of amides is 1. The van der Waals surface area contributed by atoms with Crippen LogP contribution in [0.25, 0.3) is 15.3 Å². The number of thiazole rings is 1. The number of rotatable bonds is 2. The van der Waals surface area contributed by atoms with Gasteiger partial charge in [-0.3, -0.25) is 14.5 Å². The number of hydrogen-bond donors (Lipinski definition) is 2. The lowest BCUT2D eigenvalue weighted by Gasteiger charge is -1.97. The second kappa shape index (κ2) is 3.90. The van der Waals surface area contributed by atoms with Gasteiger partial charge in [0.25, 0.3) is 5.91 Å². The molecule has 0 aliphatic carbocycles. The van der Waals surface area contributed by atoms with Crippen molar-refractivity contribution >= 4 is 49.8 Å². The van der Waals surface area contributed by atoms with Gasteiger partial charge < -0.3 is 4.98 Å². The molecule has 4 aromatic heterocycles. The van der Waals surface area contributed by atoms with Gasteiger partial charge in [-0.1, -0.05) is 0 Å². The smallest absolute Gasteiger partial charge is 0.268 e. The van der Waals surface area contributed by atoms with Crippen molar-refractivity contribution in [2.24, 2.45) is 0 Å². The number of aromatic nitrogens is 4. The highest BCUT2D eigenvalue weighted by atomic mass is 32.1. The molecule has 0 atom stereocenters. The largest absolute Gasteiger partial charge is 0.331 e. The van der Waals surface area contributed by atoms with E-state index < -0.39 is 0 Å². The van der Waals surface area contributed by atoms with Gasteiger partial charge in [0.1, 0.15) is 4.83 Å². The van der Waals surface area contributed by atoms with Crippen molar-refractivity contribution in [3.05, 3.63) is 34.9 Å². The van der Waals surface area contributed by atoms with Crippen molar-refractivity contribution in [3.63, 3.8) is 0 Å². The Morgan fingerprint density at radius 3 is 3.26 bits per heavy atom. The number of aromatic amines is 1. The average molecular weight is 289 g/mol. The molecule has 0 spiro atoms. The summed E-state index contributed by atoms with van der Waals surface area (Å²) in [6.07, 6.45) is 5.20. The summed E-state index contributed by atoms with van der Waals surface area (Å²) in [5.74, 6) is 0.265. The third-order valence-corrected chi connectivity index (χ3v) is 4.47. The van der Waals surface area contributed by atoms with Crippen molar-refractivity contribution in [1.29, 1.82) is 0 Å². The van der Waals surface area contributed by atoms with E-state index in [2.05, 4.69) is 20.3 Å². The molecule has 8 heteroatoms. The van der Waals surface area contributed by atoms with E-state index in [9.17, 15) is 4.79 Å². The number of fused-ring (bicyclic) bond motifs is 3. The maximum Gasteiger partial charge on any atom is 0.268 e. The molecule has 2 N–H and O–H groups in total. The summed E-state index contributed by atoms with van der Waals surface area (Å²) in [6.45, 7) is 0. The van der Waals surface area contributed by atoms with E-state index in [-0.39, 0.29) is 5.91 Å². The molecule has 0 saturated heterocycles. The predicted octanol–water partition coefficient (Wildman–Crippen LogP) is 2.59. The standard InChI is InChI=1S/C11H7N5OS2/c17-8(14-10-12-1-2-13-10)7-5-6-9(19-7)15-11-16(6)3-4-18-11/h1-5H,(H2,12,13,14,17). The van der Waals surface area contributed by atoms with Crippen LogP contribution in [0.15, 0.2) is 30.0 Å². The molecule has 0 unspecified atom stereocenters. The maximum atomic E-state index is 12.1. The van der Waals surface area contributed by atoms with Crippen molar-refractivity contribution in [2.75, 3.05) is 5.32 Å². The van der Waals surface area contributed by atoms with Crippen LogP contribution in [-0.2, 0) is 0 Å². The van der Waals surface area contributed by atoms with E-state index in [1.807, 2.05) is 22.0 Å². The van der Waals surface area contributed by atoms with Gasteiger partial charge in [0.05, 0.1) is 10.4 Å². The van der Waals surface area contributed by atoms with E-state index in [0.29, 0.717) is 10.8 Å². The lowest BCUT2D eigenvalue weighted by atomic mass is 10.4. The third-order valence-electron chi connectivity index (χ3n) is 2.69. The minimum absolute atomic E-state index is 0.179. The van der Waals surface area contributed by atoms with Gasteiger partial charge in [-0.25, -0.2) is 9.97 Å². The summed E-state index contributed by atoms with van der Waals surface area (Å²) in [5, 5.41) is 4.68. The van der Waals surface area contributed by atoms with E-state index in [0.717, 1.165) is 15.3 Å². The fourth-order valence-corrected chi connectivity index (χ4v) is 3.56. The minimum atomic E-state index is -0.179. The molecule has 0 bridgehead atoms. The van der Waals surface area contributed by atoms with Crippen molar-refractivity contribution in [3.8, 4) is 0 Å². The van der Waals surface area contributed by atoms with Crippen LogP contribution in [0.5, 0.6) is 0 Å². The zero-order chi connectivity index (χ0) is 12.8. The van der Waals surface area contributed by atoms with Crippen LogP contribution in [0.3, 0.4) is 0 Å². The van der Waals surface area contributed by atoms with Crippen molar-refractivity contribution in [1.82, 2.24) is 19.4 Å². The molecule has 0 aliphatic rings. The van der Waals surface area contributed by atoms with Crippen LogP contribution in [0.2, 0.25) is 0 Å². The molecule has 19 heavy (non-hydrogen) atoms. The van der Waals surface area contributed by atoms with Crippen LogP contribution >= 0.6 is 22.7 Å². The van der Waals surface area contributed by atoms with Gasteiger partial charge in [-0.15, -0.1) is 22.7 Å². The van der Waals surface area contributed by atoms with Crippen molar-refractivity contribution < 1.29 is 4.79 Å². The van der Waals surface area contributed by atoms with Crippen molar-refractivity contribution in [2.45, 2.75) is 0 Å². The van der Waals surface area contributed by atoms with Gasteiger partial charge in [0.2, 0.25) is 5.95 Å². The highest BCUT2D eigenvalue weighted by molar-refractivity contribution is 7.21. The molecule has 94 valence electrons. The fourth-order valence-electron chi connectivity index (χ4n) is 1.86. The maximum absolute atomic E-state index is 12.1. The molecular formula is C11H7N5OS2. The topological polar surface area (TPSA) is 75.1 Å². The third kappa shape index (κ3) is 1.65. The lowest BCUT2D eigenvalue weighted by molar-refractivity contribution is 0.103. The van der Waals surface area contributed by atoms with Crippen LogP contribution in [0.4, 0.5) is 5.95 Å². The van der Waals surface area contributed by atoms with Gasteiger partial charge in [0, 0.05) is 24.0 Å². The first-order valence-electron chi connectivity index (χ1n) is 5.47. The Labute approximate surface area is 114 Å². The molecule has 6 nitrogen and oxygen atoms in total. The molecule has 0 fully saturated rings. The normalized spacial score (nSPS) is 11.4. The summed E-state index contributed by atoms with van der Waals surface area (Å²) in [7, 11) is 0. The lowest BCUT2D eigenvalue weighted by Crippen LogP contribution is -2.11. The number of imidazole rings is 2. The Kier molecular flexibility index (Phi) is 2.20.